The van der Waals surface area contributed by atoms with Gasteiger partial charge in [-0.25, -0.2) is 0 Å². The molecule has 0 aliphatic carbocycles. The average molecular weight is 169 g/mol. The van der Waals surface area contributed by atoms with Gasteiger partial charge < -0.3 is 5.11 Å². The molecule has 0 aromatic carbocycles. The van der Waals surface area contributed by atoms with E-state index in [-0.39, 0.29) is 6.10 Å². The molecule has 12 heavy (non-hydrogen) atoms. The Morgan fingerprint density at radius 1 is 1.08 bits per heavy atom. The lowest BCUT2D eigenvalue weighted by atomic mass is 9.92. The van der Waals surface area contributed by atoms with Crippen molar-refractivity contribution < 1.29 is 5.11 Å². The zero-order valence-electron chi connectivity index (χ0n) is 8.20. The second-order valence-corrected chi connectivity index (χ2v) is 4.64. The second kappa shape index (κ2) is 2.71. The molecule has 1 N–H and O–H groups in total. The Labute approximate surface area is 74.6 Å². The molecule has 5 atom stereocenters. The summed E-state index contributed by atoms with van der Waals surface area (Å²) >= 11 is 0. The summed E-state index contributed by atoms with van der Waals surface area (Å²) < 4.78 is 0. The highest BCUT2D eigenvalue weighted by Gasteiger charge is 2.46. The summed E-state index contributed by atoms with van der Waals surface area (Å²) in [5.74, 6) is 1.52. The first-order valence-corrected chi connectivity index (χ1v) is 5.01. The normalized spacial score (nSPS) is 54.5. The molecule has 2 heterocycles. The molecule has 2 aliphatic heterocycles. The van der Waals surface area contributed by atoms with Crippen LogP contribution in [0.15, 0.2) is 0 Å². The third-order valence-corrected chi connectivity index (χ3v) is 4.12. The summed E-state index contributed by atoms with van der Waals surface area (Å²) in [5, 5.41) is 9.62. The Kier molecular flexibility index (Phi) is 1.92. The van der Waals surface area contributed by atoms with Gasteiger partial charge in [0.05, 0.1) is 6.10 Å². The lowest BCUT2D eigenvalue weighted by Crippen LogP contribution is -2.43. The summed E-state index contributed by atoms with van der Waals surface area (Å²) in [5.41, 5.74) is 0. The van der Waals surface area contributed by atoms with E-state index in [1.54, 1.807) is 0 Å². The molecule has 0 aromatic rings. The molecule has 2 saturated heterocycles. The number of piperidine rings is 1. The van der Waals surface area contributed by atoms with Gasteiger partial charge in [0.2, 0.25) is 0 Å². The fourth-order valence-corrected chi connectivity index (χ4v) is 3.10. The van der Waals surface area contributed by atoms with E-state index in [1.807, 2.05) is 0 Å². The summed E-state index contributed by atoms with van der Waals surface area (Å²) in [4.78, 5) is 2.47. The highest BCUT2D eigenvalue weighted by molar-refractivity contribution is 5.00. The summed E-state index contributed by atoms with van der Waals surface area (Å²) in [6.45, 7) is 4.65. The molecule has 0 aromatic heterocycles. The lowest BCUT2D eigenvalue weighted by Gasteiger charge is -2.35. The highest BCUT2D eigenvalue weighted by Crippen LogP contribution is 2.42. The van der Waals surface area contributed by atoms with Crippen LogP contribution in [0, 0.1) is 11.8 Å². The minimum atomic E-state index is -0.0383. The van der Waals surface area contributed by atoms with E-state index in [2.05, 4.69) is 25.8 Å². The van der Waals surface area contributed by atoms with Crippen molar-refractivity contribution in [1.82, 2.24) is 4.90 Å². The van der Waals surface area contributed by atoms with Crippen LogP contribution in [0.4, 0.5) is 0 Å². The Hall–Kier alpha value is -0.0800. The molecule has 2 nitrogen and oxygen atoms in total. The minimum absolute atomic E-state index is 0.0383. The fourth-order valence-electron chi connectivity index (χ4n) is 3.10. The third kappa shape index (κ3) is 1.01. The van der Waals surface area contributed by atoms with Gasteiger partial charge in [-0.15, -0.1) is 0 Å². The molecule has 2 rings (SSSR count). The van der Waals surface area contributed by atoms with Crippen molar-refractivity contribution in [1.29, 1.82) is 0 Å². The van der Waals surface area contributed by atoms with Crippen LogP contribution in [-0.2, 0) is 0 Å². The van der Waals surface area contributed by atoms with Gasteiger partial charge in [-0.05, 0) is 31.7 Å². The zero-order chi connectivity index (χ0) is 8.88. The molecule has 2 bridgehead atoms. The molecule has 2 fully saturated rings. The van der Waals surface area contributed by atoms with Crippen molar-refractivity contribution in [3.63, 3.8) is 0 Å². The smallest absolute Gasteiger partial charge is 0.0570 e. The van der Waals surface area contributed by atoms with Crippen LogP contribution in [0.25, 0.3) is 0 Å². The molecule has 0 spiro atoms. The third-order valence-electron chi connectivity index (χ3n) is 4.12. The van der Waals surface area contributed by atoms with Gasteiger partial charge in [0.1, 0.15) is 0 Å². The fraction of sp³-hybridized carbons (Fsp3) is 1.00. The lowest BCUT2D eigenvalue weighted by molar-refractivity contribution is 0.0422. The average Bonchev–Trinajstić information content (AvgIpc) is 2.21. The van der Waals surface area contributed by atoms with Crippen molar-refractivity contribution in [3.05, 3.63) is 0 Å². The minimum Gasteiger partial charge on any atom is -0.393 e. The number of aliphatic hydroxyl groups is 1. The first-order chi connectivity index (χ1) is 5.61. The number of hydrogen-bond acceptors (Lipinski definition) is 2. The quantitative estimate of drug-likeness (QED) is 0.587. The Balaban J connectivity index is 2.21. The number of rotatable bonds is 0. The van der Waals surface area contributed by atoms with Gasteiger partial charge in [0.25, 0.3) is 0 Å². The molecule has 2 aliphatic rings. The van der Waals surface area contributed by atoms with Crippen LogP contribution in [0.1, 0.15) is 26.7 Å². The largest absolute Gasteiger partial charge is 0.393 e. The maximum atomic E-state index is 9.62. The predicted molar refractivity (Wildman–Crippen MR) is 48.9 cm³/mol. The van der Waals surface area contributed by atoms with Crippen LogP contribution < -0.4 is 0 Å². The van der Waals surface area contributed by atoms with Gasteiger partial charge in [-0.2, -0.15) is 0 Å². The number of nitrogens with zero attached hydrogens (tertiary/aromatic N) is 1. The predicted octanol–water partition coefficient (Wildman–Crippen LogP) is 1.10. The van der Waals surface area contributed by atoms with Gasteiger partial charge >= 0.3 is 0 Å². The van der Waals surface area contributed by atoms with E-state index in [9.17, 15) is 5.11 Å². The maximum Gasteiger partial charge on any atom is 0.0570 e. The van der Waals surface area contributed by atoms with Crippen molar-refractivity contribution in [2.24, 2.45) is 11.8 Å². The molecular weight excluding hydrogens is 150 g/mol. The zero-order valence-corrected chi connectivity index (χ0v) is 8.20. The van der Waals surface area contributed by atoms with E-state index in [1.165, 1.54) is 0 Å². The molecule has 2 heteroatoms. The van der Waals surface area contributed by atoms with Crippen LogP contribution >= 0.6 is 0 Å². The molecule has 0 radical (unpaired) electrons. The monoisotopic (exact) mass is 169 g/mol. The van der Waals surface area contributed by atoms with E-state index in [0.29, 0.717) is 12.1 Å². The topological polar surface area (TPSA) is 23.5 Å². The highest BCUT2D eigenvalue weighted by atomic mass is 16.3. The first kappa shape index (κ1) is 8.52. The van der Waals surface area contributed by atoms with E-state index in [0.717, 1.165) is 24.7 Å². The molecule has 0 amide bonds. The number of aliphatic hydroxyl groups excluding tert-OH is 1. The standard InChI is InChI=1S/C10H19NO/c1-6-7(2)10-5-8(12)4-9(6)11(10)3/h6-10,12H,4-5H2,1-3H3/t6-,7+,8?,9?,10?. The van der Waals surface area contributed by atoms with Crippen molar-refractivity contribution >= 4 is 0 Å². The Morgan fingerprint density at radius 2 is 1.50 bits per heavy atom. The van der Waals surface area contributed by atoms with E-state index < -0.39 is 0 Å². The van der Waals surface area contributed by atoms with Crippen LogP contribution in [0.2, 0.25) is 0 Å². The van der Waals surface area contributed by atoms with Crippen LogP contribution in [-0.4, -0.2) is 35.2 Å². The summed E-state index contributed by atoms with van der Waals surface area (Å²) in [6.07, 6.45) is 1.93. The molecule has 70 valence electrons. The molecule has 3 unspecified atom stereocenters. The van der Waals surface area contributed by atoms with Crippen molar-refractivity contribution in [2.75, 3.05) is 7.05 Å². The van der Waals surface area contributed by atoms with E-state index >= 15 is 0 Å². The number of hydrogen-bond donors (Lipinski definition) is 1. The summed E-state index contributed by atoms with van der Waals surface area (Å²) in [6, 6.07) is 1.27. The number of fused-ring (bicyclic) bond motifs is 2. The van der Waals surface area contributed by atoms with E-state index in [4.69, 9.17) is 0 Å². The van der Waals surface area contributed by atoms with Crippen molar-refractivity contribution in [2.45, 2.75) is 44.9 Å². The van der Waals surface area contributed by atoms with Gasteiger partial charge in [-0.1, -0.05) is 13.8 Å². The van der Waals surface area contributed by atoms with Crippen LogP contribution in [0.3, 0.4) is 0 Å². The first-order valence-electron chi connectivity index (χ1n) is 5.01. The second-order valence-electron chi connectivity index (χ2n) is 4.64. The Morgan fingerprint density at radius 3 is 1.92 bits per heavy atom. The van der Waals surface area contributed by atoms with Crippen LogP contribution in [0.5, 0.6) is 0 Å². The van der Waals surface area contributed by atoms with Crippen molar-refractivity contribution in [3.8, 4) is 0 Å². The molecule has 0 saturated carbocycles. The SMILES string of the molecule is C[C@@H]1C2CC(O)CC([C@@H]1C)N2C. The maximum absolute atomic E-state index is 9.62. The van der Waals surface area contributed by atoms with Gasteiger partial charge in [-0.3, -0.25) is 4.90 Å². The van der Waals surface area contributed by atoms with Gasteiger partial charge in [0, 0.05) is 12.1 Å². The summed E-state index contributed by atoms with van der Waals surface area (Å²) in [7, 11) is 2.21. The van der Waals surface area contributed by atoms with Gasteiger partial charge in [0.15, 0.2) is 0 Å². The Bertz CT molecular complexity index is 157. The molecular formula is C10H19NO.